The van der Waals surface area contributed by atoms with Crippen LogP contribution in [0, 0.1) is 0 Å². The number of benzene rings is 2. The van der Waals surface area contributed by atoms with E-state index >= 15 is 0 Å². The molecule has 0 atom stereocenters. The van der Waals surface area contributed by atoms with Crippen LogP contribution in [-0.2, 0) is 9.53 Å². The molecule has 8 nitrogen and oxygen atoms in total. The second-order valence-corrected chi connectivity index (χ2v) is 5.72. The highest BCUT2D eigenvalue weighted by atomic mass is 16.7. The van der Waals surface area contributed by atoms with Gasteiger partial charge in [-0.3, -0.25) is 9.59 Å². The van der Waals surface area contributed by atoms with Gasteiger partial charge in [-0.2, -0.15) is 0 Å². The molecule has 8 heteroatoms. The first-order chi connectivity index (χ1) is 13.7. The number of fused-ring (bicyclic) bond motifs is 1. The zero-order chi connectivity index (χ0) is 19.8. The van der Waals surface area contributed by atoms with Crippen LogP contribution >= 0.6 is 0 Å². The molecule has 148 valence electrons. The van der Waals surface area contributed by atoms with Crippen LogP contribution in [-0.4, -0.2) is 45.0 Å². The molecule has 0 saturated carbocycles. The summed E-state index contributed by atoms with van der Waals surface area (Å²) < 4.78 is 26.3. The summed E-state index contributed by atoms with van der Waals surface area (Å²) in [6, 6.07) is 12.0. The van der Waals surface area contributed by atoms with E-state index in [0.717, 1.165) is 5.75 Å². The fraction of sp³-hybridized carbons (Fsp3) is 0.300. The Kier molecular flexibility index (Phi) is 6.56. The normalized spacial score (nSPS) is 11.6. The molecule has 0 fully saturated rings. The van der Waals surface area contributed by atoms with Crippen molar-refractivity contribution >= 4 is 11.9 Å². The van der Waals surface area contributed by atoms with Crippen molar-refractivity contribution in [2.45, 2.75) is 6.92 Å². The number of carbonyl (C=O) groups is 2. The van der Waals surface area contributed by atoms with E-state index in [1.807, 2.05) is 6.92 Å². The molecule has 0 aromatic heterocycles. The van der Waals surface area contributed by atoms with Crippen LogP contribution in [0.4, 0.5) is 0 Å². The molecule has 0 radical (unpaired) electrons. The summed E-state index contributed by atoms with van der Waals surface area (Å²) in [6.07, 6.45) is 0. The minimum Gasteiger partial charge on any atom is -0.494 e. The van der Waals surface area contributed by atoms with Crippen molar-refractivity contribution in [3.05, 3.63) is 48.0 Å². The lowest BCUT2D eigenvalue weighted by molar-refractivity contribution is -0.143. The summed E-state index contributed by atoms with van der Waals surface area (Å²) in [4.78, 5) is 23.8. The number of rotatable bonds is 9. The maximum absolute atomic E-state index is 12.1. The van der Waals surface area contributed by atoms with Crippen LogP contribution in [0.5, 0.6) is 23.0 Å². The quantitative estimate of drug-likeness (QED) is 0.521. The van der Waals surface area contributed by atoms with Crippen LogP contribution in [0.3, 0.4) is 0 Å². The Balaban J connectivity index is 1.33. The minimum absolute atomic E-state index is 0.0753. The Bertz CT molecular complexity index is 820. The van der Waals surface area contributed by atoms with Gasteiger partial charge < -0.3 is 29.0 Å². The SMILES string of the molecule is CCOc1ccc(OCCOC(=O)CNC(=O)c2ccc3c(c2)OCO3)cc1. The number of amides is 1. The highest BCUT2D eigenvalue weighted by molar-refractivity contribution is 5.96. The van der Waals surface area contributed by atoms with E-state index in [4.69, 9.17) is 23.7 Å². The minimum atomic E-state index is -0.551. The Morgan fingerprint density at radius 1 is 0.964 bits per heavy atom. The second kappa shape index (κ2) is 9.50. The van der Waals surface area contributed by atoms with E-state index in [1.165, 1.54) is 0 Å². The summed E-state index contributed by atoms with van der Waals surface area (Å²) in [7, 11) is 0. The molecular formula is C20H21NO7. The van der Waals surface area contributed by atoms with Crippen molar-refractivity contribution in [1.82, 2.24) is 5.32 Å². The number of carbonyl (C=O) groups excluding carboxylic acids is 2. The number of nitrogens with one attached hydrogen (secondary N) is 1. The van der Waals surface area contributed by atoms with Crippen molar-refractivity contribution in [3.63, 3.8) is 0 Å². The lowest BCUT2D eigenvalue weighted by Crippen LogP contribution is -2.31. The number of ether oxygens (including phenoxy) is 5. The standard InChI is InChI=1S/C20H21NO7/c1-2-24-15-4-6-16(7-5-15)25-9-10-26-19(22)12-21-20(23)14-3-8-17-18(11-14)28-13-27-17/h3-8,11H,2,9-10,12-13H2,1H3,(H,21,23). The third kappa shape index (κ3) is 5.29. The van der Waals surface area contributed by atoms with Gasteiger partial charge in [0.05, 0.1) is 6.61 Å². The van der Waals surface area contributed by atoms with E-state index in [9.17, 15) is 9.59 Å². The average Bonchev–Trinajstić information content (AvgIpc) is 3.18. The van der Waals surface area contributed by atoms with Crippen molar-refractivity contribution in [2.24, 2.45) is 0 Å². The molecule has 1 aliphatic heterocycles. The first kappa shape index (κ1) is 19.3. The lowest BCUT2D eigenvalue weighted by atomic mass is 10.2. The van der Waals surface area contributed by atoms with Gasteiger partial charge in [-0.25, -0.2) is 0 Å². The molecular weight excluding hydrogens is 366 g/mol. The van der Waals surface area contributed by atoms with Gasteiger partial charge in [-0.1, -0.05) is 0 Å². The molecule has 0 unspecified atom stereocenters. The summed E-state index contributed by atoms with van der Waals surface area (Å²) >= 11 is 0. The summed E-state index contributed by atoms with van der Waals surface area (Å²) in [5, 5.41) is 2.50. The van der Waals surface area contributed by atoms with E-state index in [0.29, 0.717) is 29.4 Å². The van der Waals surface area contributed by atoms with Crippen molar-refractivity contribution < 1.29 is 33.3 Å². The molecule has 2 aromatic carbocycles. The molecule has 0 saturated heterocycles. The number of esters is 1. The third-order valence-electron chi connectivity index (χ3n) is 3.78. The van der Waals surface area contributed by atoms with Crippen LogP contribution in [0.15, 0.2) is 42.5 Å². The maximum Gasteiger partial charge on any atom is 0.325 e. The topological polar surface area (TPSA) is 92.3 Å². The van der Waals surface area contributed by atoms with Crippen molar-refractivity contribution in [2.75, 3.05) is 33.2 Å². The Morgan fingerprint density at radius 2 is 1.68 bits per heavy atom. The molecule has 0 spiro atoms. The number of hydrogen-bond donors (Lipinski definition) is 1. The maximum atomic E-state index is 12.1. The highest BCUT2D eigenvalue weighted by Gasteiger charge is 2.16. The molecule has 2 aromatic rings. The van der Waals surface area contributed by atoms with E-state index < -0.39 is 11.9 Å². The van der Waals surface area contributed by atoms with Gasteiger partial charge in [0, 0.05) is 5.56 Å². The number of hydrogen-bond acceptors (Lipinski definition) is 7. The molecule has 3 rings (SSSR count). The Labute approximate surface area is 162 Å². The zero-order valence-electron chi connectivity index (χ0n) is 15.4. The van der Waals surface area contributed by atoms with Crippen molar-refractivity contribution in [1.29, 1.82) is 0 Å². The average molecular weight is 387 g/mol. The first-order valence-electron chi connectivity index (χ1n) is 8.85. The molecule has 28 heavy (non-hydrogen) atoms. The molecule has 0 aliphatic carbocycles. The van der Waals surface area contributed by atoms with Gasteiger partial charge in [0.15, 0.2) is 11.5 Å². The van der Waals surface area contributed by atoms with Crippen LogP contribution in [0.2, 0.25) is 0 Å². The third-order valence-corrected chi connectivity index (χ3v) is 3.78. The smallest absolute Gasteiger partial charge is 0.325 e. The van der Waals surface area contributed by atoms with Gasteiger partial charge >= 0.3 is 5.97 Å². The molecule has 1 N–H and O–H groups in total. The fourth-order valence-corrected chi connectivity index (χ4v) is 2.46. The molecule has 1 amide bonds. The first-order valence-corrected chi connectivity index (χ1v) is 8.85. The van der Waals surface area contributed by atoms with Gasteiger partial charge in [0.1, 0.15) is 31.3 Å². The summed E-state index contributed by atoms with van der Waals surface area (Å²) in [5.74, 6) is 1.55. The van der Waals surface area contributed by atoms with E-state index in [1.54, 1.807) is 42.5 Å². The van der Waals surface area contributed by atoms with Crippen LogP contribution < -0.4 is 24.3 Å². The van der Waals surface area contributed by atoms with Gasteiger partial charge in [-0.15, -0.1) is 0 Å². The van der Waals surface area contributed by atoms with Gasteiger partial charge in [-0.05, 0) is 49.4 Å². The predicted molar refractivity (Wildman–Crippen MR) is 99.0 cm³/mol. The van der Waals surface area contributed by atoms with Crippen LogP contribution in [0.25, 0.3) is 0 Å². The van der Waals surface area contributed by atoms with Crippen LogP contribution in [0.1, 0.15) is 17.3 Å². The Morgan fingerprint density at radius 3 is 2.43 bits per heavy atom. The van der Waals surface area contributed by atoms with E-state index in [-0.39, 0.29) is 26.6 Å². The second-order valence-electron chi connectivity index (χ2n) is 5.72. The molecule has 0 bridgehead atoms. The van der Waals surface area contributed by atoms with E-state index in [2.05, 4.69) is 5.32 Å². The monoisotopic (exact) mass is 387 g/mol. The molecule has 1 heterocycles. The zero-order valence-corrected chi connectivity index (χ0v) is 15.4. The molecule has 1 aliphatic rings. The summed E-state index contributed by atoms with van der Waals surface area (Å²) in [5.41, 5.74) is 0.371. The largest absolute Gasteiger partial charge is 0.494 e. The van der Waals surface area contributed by atoms with Gasteiger partial charge in [0.2, 0.25) is 6.79 Å². The van der Waals surface area contributed by atoms with Gasteiger partial charge in [0.25, 0.3) is 5.91 Å². The summed E-state index contributed by atoms with van der Waals surface area (Å²) in [6.45, 7) is 2.68. The predicted octanol–water partition coefficient (Wildman–Crippen LogP) is 2.17. The highest BCUT2D eigenvalue weighted by Crippen LogP contribution is 2.32. The lowest BCUT2D eigenvalue weighted by Gasteiger charge is -2.09. The Hall–Kier alpha value is -3.42. The van der Waals surface area contributed by atoms with Crippen molar-refractivity contribution in [3.8, 4) is 23.0 Å². The fourth-order valence-electron chi connectivity index (χ4n) is 2.46.